The molecule has 4 aromatic carbocycles. The molecule has 168 valence electrons. The van der Waals surface area contributed by atoms with Crippen LogP contribution in [0.25, 0.3) is 27.7 Å². The van der Waals surface area contributed by atoms with Crippen molar-refractivity contribution >= 4 is 16.6 Å². The number of benzene rings is 4. The molecule has 1 aromatic heterocycles. The lowest BCUT2D eigenvalue weighted by Crippen LogP contribution is -2.04. The average Bonchev–Trinajstić information content (AvgIpc) is 3.33. The Hall–Kier alpha value is -4.38. The summed E-state index contributed by atoms with van der Waals surface area (Å²) in [6.45, 7) is 2.05. The molecule has 0 saturated heterocycles. The van der Waals surface area contributed by atoms with Gasteiger partial charge in [0.25, 0.3) is 0 Å². The van der Waals surface area contributed by atoms with E-state index >= 15 is 0 Å². The molecular weight excluding hydrogens is 424 g/mol. The monoisotopic (exact) mass is 448 g/mol. The fourth-order valence-corrected chi connectivity index (χ4v) is 3.98. The minimum Gasteiger partial charge on any atom is -0.497 e. The van der Waals surface area contributed by atoms with Crippen LogP contribution in [-0.4, -0.2) is 29.8 Å². The van der Waals surface area contributed by atoms with Crippen LogP contribution in [0, 0.1) is 6.92 Å². The third kappa shape index (κ3) is 4.04. The van der Waals surface area contributed by atoms with Crippen LogP contribution < -0.4 is 9.47 Å². The number of methoxy groups -OCH3 is 2. The van der Waals surface area contributed by atoms with E-state index in [4.69, 9.17) is 14.6 Å². The third-order valence-corrected chi connectivity index (χ3v) is 5.92. The Balaban J connectivity index is 1.59. The maximum Gasteiger partial charge on any atom is 0.213 e. The molecule has 0 unspecified atom stereocenters. The van der Waals surface area contributed by atoms with Crippen LogP contribution in [0.15, 0.2) is 91.0 Å². The summed E-state index contributed by atoms with van der Waals surface area (Å²) in [6, 6.07) is 29.2. The fraction of sp³-hybridized carbons (Fsp3) is 0.103. The molecule has 5 nitrogen and oxygen atoms in total. The van der Waals surface area contributed by atoms with Gasteiger partial charge in [-0.3, -0.25) is 4.79 Å². The second kappa shape index (κ2) is 8.87. The van der Waals surface area contributed by atoms with E-state index in [1.807, 2.05) is 83.5 Å². The van der Waals surface area contributed by atoms with E-state index in [1.54, 1.807) is 14.2 Å². The van der Waals surface area contributed by atoms with Gasteiger partial charge in [0, 0.05) is 11.1 Å². The van der Waals surface area contributed by atoms with Gasteiger partial charge in [-0.1, -0.05) is 48.0 Å². The Morgan fingerprint density at radius 1 is 0.735 bits per heavy atom. The van der Waals surface area contributed by atoms with Gasteiger partial charge in [-0.15, -0.1) is 0 Å². The summed E-state index contributed by atoms with van der Waals surface area (Å²) in [5.41, 5.74) is 4.83. The van der Waals surface area contributed by atoms with E-state index in [2.05, 4.69) is 19.1 Å². The first-order valence-corrected chi connectivity index (χ1v) is 11.0. The molecule has 0 atom stereocenters. The zero-order valence-corrected chi connectivity index (χ0v) is 19.3. The van der Waals surface area contributed by atoms with Gasteiger partial charge in [0.2, 0.25) is 5.78 Å². The van der Waals surface area contributed by atoms with Crippen molar-refractivity contribution in [1.29, 1.82) is 0 Å². The summed E-state index contributed by atoms with van der Waals surface area (Å²) < 4.78 is 12.4. The predicted octanol–water partition coefficient (Wildman–Crippen LogP) is 6.25. The minimum absolute atomic E-state index is 0.127. The number of rotatable bonds is 6. The van der Waals surface area contributed by atoms with Crippen molar-refractivity contribution in [2.75, 3.05) is 14.2 Å². The van der Waals surface area contributed by atoms with Crippen LogP contribution in [0.3, 0.4) is 0 Å². The maximum absolute atomic E-state index is 13.5. The molecule has 0 aliphatic rings. The molecule has 1 heterocycles. The van der Waals surface area contributed by atoms with Crippen LogP contribution in [0.2, 0.25) is 0 Å². The molecule has 0 saturated carbocycles. The quantitative estimate of drug-likeness (QED) is 0.288. The van der Waals surface area contributed by atoms with Crippen molar-refractivity contribution in [3.63, 3.8) is 0 Å². The van der Waals surface area contributed by atoms with Crippen molar-refractivity contribution < 1.29 is 14.3 Å². The first kappa shape index (κ1) is 21.5. The minimum atomic E-state index is -0.127. The Morgan fingerprint density at radius 3 is 2.09 bits per heavy atom. The molecule has 0 N–H and O–H groups in total. The Bertz CT molecular complexity index is 1480. The lowest BCUT2D eigenvalue weighted by molar-refractivity contribution is 0.103. The molecule has 5 heteroatoms. The standard InChI is InChI=1S/C29H24N2O3/c1-19-4-6-20(7-5-19)28-18-27(30-31(28)24-11-14-25(33-2)15-12-24)29(32)23-9-8-22-17-26(34-3)13-10-21(22)16-23/h4-18H,1-3H3. The molecule has 0 amide bonds. The van der Waals surface area contributed by atoms with Gasteiger partial charge < -0.3 is 9.47 Å². The first-order valence-electron chi connectivity index (χ1n) is 11.0. The van der Waals surface area contributed by atoms with Crippen molar-refractivity contribution in [2.45, 2.75) is 6.92 Å². The highest BCUT2D eigenvalue weighted by Gasteiger charge is 2.19. The summed E-state index contributed by atoms with van der Waals surface area (Å²) in [5.74, 6) is 1.42. The highest BCUT2D eigenvalue weighted by atomic mass is 16.5. The molecule has 0 bridgehead atoms. The van der Waals surface area contributed by atoms with Gasteiger partial charge in [-0.05, 0) is 66.2 Å². The summed E-state index contributed by atoms with van der Waals surface area (Å²) in [7, 11) is 3.28. The number of ketones is 1. The van der Waals surface area contributed by atoms with Gasteiger partial charge in [0.15, 0.2) is 0 Å². The normalized spacial score (nSPS) is 10.9. The highest BCUT2D eigenvalue weighted by molar-refractivity contribution is 6.10. The first-order chi connectivity index (χ1) is 16.6. The number of fused-ring (bicyclic) bond motifs is 1. The van der Waals surface area contributed by atoms with Crippen molar-refractivity contribution in [3.05, 3.63) is 108 Å². The summed E-state index contributed by atoms with van der Waals surface area (Å²) in [4.78, 5) is 13.5. The third-order valence-electron chi connectivity index (χ3n) is 5.92. The van der Waals surface area contributed by atoms with E-state index in [9.17, 15) is 4.79 Å². The zero-order chi connectivity index (χ0) is 23.7. The zero-order valence-electron chi connectivity index (χ0n) is 19.3. The van der Waals surface area contributed by atoms with Crippen molar-refractivity contribution in [3.8, 4) is 28.4 Å². The number of ether oxygens (including phenoxy) is 2. The van der Waals surface area contributed by atoms with E-state index in [0.29, 0.717) is 11.3 Å². The number of nitrogens with zero attached hydrogens (tertiary/aromatic N) is 2. The lowest BCUT2D eigenvalue weighted by Gasteiger charge is -2.09. The second-order valence-electron chi connectivity index (χ2n) is 8.15. The molecule has 5 rings (SSSR count). The average molecular weight is 449 g/mol. The van der Waals surface area contributed by atoms with E-state index in [-0.39, 0.29) is 5.78 Å². The van der Waals surface area contributed by atoms with Gasteiger partial charge in [0.1, 0.15) is 17.2 Å². The second-order valence-corrected chi connectivity index (χ2v) is 8.15. The van der Waals surface area contributed by atoms with E-state index in [0.717, 1.165) is 39.2 Å². The summed E-state index contributed by atoms with van der Waals surface area (Å²) >= 11 is 0. The van der Waals surface area contributed by atoms with Gasteiger partial charge in [-0.2, -0.15) is 5.10 Å². The smallest absolute Gasteiger partial charge is 0.213 e. The molecule has 5 aromatic rings. The van der Waals surface area contributed by atoms with E-state index in [1.165, 1.54) is 5.56 Å². The number of hydrogen-bond acceptors (Lipinski definition) is 4. The van der Waals surface area contributed by atoms with Crippen LogP contribution in [0.5, 0.6) is 11.5 Å². The molecule has 34 heavy (non-hydrogen) atoms. The molecule has 0 aliphatic heterocycles. The summed E-state index contributed by atoms with van der Waals surface area (Å²) in [5, 5.41) is 6.71. The lowest BCUT2D eigenvalue weighted by atomic mass is 10.0. The van der Waals surface area contributed by atoms with Crippen LogP contribution in [0.1, 0.15) is 21.6 Å². The van der Waals surface area contributed by atoms with Crippen LogP contribution in [0.4, 0.5) is 0 Å². The van der Waals surface area contributed by atoms with Crippen molar-refractivity contribution in [2.24, 2.45) is 0 Å². The number of carbonyl (C=O) groups is 1. The summed E-state index contributed by atoms with van der Waals surface area (Å²) in [6.07, 6.45) is 0. The molecule has 0 spiro atoms. The largest absolute Gasteiger partial charge is 0.497 e. The van der Waals surface area contributed by atoms with E-state index < -0.39 is 0 Å². The fourth-order valence-electron chi connectivity index (χ4n) is 3.98. The topological polar surface area (TPSA) is 53.4 Å². The number of hydrogen-bond donors (Lipinski definition) is 0. The van der Waals surface area contributed by atoms with Crippen LogP contribution in [-0.2, 0) is 0 Å². The van der Waals surface area contributed by atoms with Gasteiger partial charge >= 0.3 is 0 Å². The Morgan fingerprint density at radius 2 is 1.38 bits per heavy atom. The SMILES string of the molecule is COc1ccc(-n2nc(C(=O)c3ccc4cc(OC)ccc4c3)cc2-c2ccc(C)cc2)cc1. The molecular formula is C29H24N2O3. The molecule has 0 fully saturated rings. The number of aromatic nitrogens is 2. The van der Waals surface area contributed by atoms with Crippen molar-refractivity contribution in [1.82, 2.24) is 9.78 Å². The Labute approximate surface area is 198 Å². The molecule has 0 aliphatic carbocycles. The highest BCUT2D eigenvalue weighted by Crippen LogP contribution is 2.28. The Kier molecular flexibility index (Phi) is 5.60. The molecule has 0 radical (unpaired) electrons. The maximum atomic E-state index is 13.5. The van der Waals surface area contributed by atoms with Crippen LogP contribution >= 0.6 is 0 Å². The number of aryl methyl sites for hydroxylation is 1. The van der Waals surface area contributed by atoms with Gasteiger partial charge in [0.05, 0.1) is 25.6 Å². The number of carbonyl (C=O) groups excluding carboxylic acids is 1. The predicted molar refractivity (Wildman–Crippen MR) is 134 cm³/mol. The van der Waals surface area contributed by atoms with Gasteiger partial charge in [-0.25, -0.2) is 4.68 Å².